The Morgan fingerprint density at radius 1 is 0.884 bits per heavy atom. The predicted molar refractivity (Wildman–Crippen MR) is 167 cm³/mol. The van der Waals surface area contributed by atoms with Crippen molar-refractivity contribution in [1.29, 1.82) is 0 Å². The van der Waals surface area contributed by atoms with Crippen molar-refractivity contribution in [3.8, 4) is 0 Å². The van der Waals surface area contributed by atoms with Crippen LogP contribution in [0.4, 0.5) is 0 Å². The molecule has 0 aromatic rings. The smallest absolute Gasteiger partial charge is 0.229 e. The van der Waals surface area contributed by atoms with E-state index in [1.165, 1.54) is 44.9 Å². The van der Waals surface area contributed by atoms with E-state index in [0.29, 0.717) is 47.7 Å². The van der Waals surface area contributed by atoms with Crippen molar-refractivity contribution >= 4 is 11.8 Å². The van der Waals surface area contributed by atoms with Gasteiger partial charge in [0.2, 0.25) is 11.8 Å². The fourth-order valence-corrected chi connectivity index (χ4v) is 11.9. The molecule has 7 aliphatic rings. The monoisotopic (exact) mass is 597 g/mol. The van der Waals surface area contributed by atoms with E-state index >= 15 is 0 Å². The fraction of sp³-hybridized carbons (Fsp3) is 0.944. The maximum Gasteiger partial charge on any atom is 0.229 e. The molecule has 43 heavy (non-hydrogen) atoms. The number of nitrogens with one attached hydrogen (secondary N) is 2. The Kier molecular flexibility index (Phi) is 8.42. The summed E-state index contributed by atoms with van der Waals surface area (Å²) in [6.45, 7) is 11.1. The first kappa shape index (κ1) is 30.5. The highest BCUT2D eigenvalue weighted by molar-refractivity contribution is 5.96. The topological polar surface area (TPSA) is 79.9 Å². The lowest BCUT2D eigenvalue weighted by molar-refractivity contribution is -0.272. The molecule has 2 N–H and O–H groups in total. The molecule has 0 bridgehead atoms. The quantitative estimate of drug-likeness (QED) is 0.417. The van der Waals surface area contributed by atoms with Crippen molar-refractivity contribution in [2.75, 3.05) is 33.3 Å². The van der Waals surface area contributed by atoms with E-state index in [1.54, 1.807) is 0 Å². The van der Waals surface area contributed by atoms with E-state index in [-0.39, 0.29) is 30.1 Å². The lowest BCUT2D eigenvalue weighted by atomic mass is 9.46. The molecular formula is C36H59N3O4. The normalized spacial score (nSPS) is 48.2. The molecule has 3 saturated heterocycles. The zero-order valence-electron chi connectivity index (χ0n) is 27.5. The molecule has 1 unspecified atom stereocenters. The summed E-state index contributed by atoms with van der Waals surface area (Å²) in [5, 5.41) is 6.32. The molecule has 3 aliphatic heterocycles. The van der Waals surface area contributed by atoms with Crippen molar-refractivity contribution in [1.82, 2.24) is 15.5 Å². The predicted octanol–water partition coefficient (Wildman–Crippen LogP) is 5.38. The van der Waals surface area contributed by atoms with Gasteiger partial charge in [-0.05, 0) is 144 Å². The highest BCUT2D eigenvalue weighted by atomic mass is 16.7. The van der Waals surface area contributed by atoms with Gasteiger partial charge in [0, 0.05) is 24.9 Å². The van der Waals surface area contributed by atoms with Crippen LogP contribution in [0.25, 0.3) is 0 Å². The molecule has 4 saturated carbocycles. The Morgan fingerprint density at radius 2 is 1.67 bits per heavy atom. The molecule has 7 fully saturated rings. The van der Waals surface area contributed by atoms with Crippen molar-refractivity contribution < 1.29 is 19.1 Å². The summed E-state index contributed by atoms with van der Waals surface area (Å²) in [7, 11) is 2.15. The minimum atomic E-state index is -0.302. The van der Waals surface area contributed by atoms with Gasteiger partial charge in [-0.25, -0.2) is 0 Å². The molecule has 0 aromatic carbocycles. The number of carbonyl (C=O) groups is 2. The number of hydrogen-bond donors (Lipinski definition) is 2. The van der Waals surface area contributed by atoms with E-state index in [2.05, 4.69) is 43.4 Å². The van der Waals surface area contributed by atoms with E-state index in [0.717, 1.165) is 75.5 Å². The minimum absolute atomic E-state index is 0.0347. The van der Waals surface area contributed by atoms with Crippen LogP contribution in [0.15, 0.2) is 0 Å². The van der Waals surface area contributed by atoms with Crippen LogP contribution in [0, 0.1) is 58.7 Å². The molecule has 2 amide bonds. The number of piperidine rings is 1. The zero-order valence-corrected chi connectivity index (χ0v) is 27.5. The van der Waals surface area contributed by atoms with Crippen LogP contribution in [-0.4, -0.2) is 67.9 Å². The standard InChI is InChI=1S/C36H59N3O4/c1-22-9-14-36(42-21-22)23(2)34-28-7-8-30-27(29(28)18-31(34)43-36)6-5-25-17-26(10-13-35(25,30)3)38-33(41)19-32(40)37-20-24-11-15-39(4)16-12-24/h22-31,34H,5-21H2,1-4H3,(H,37,40)(H,38,41)/t22-,23-,25+,26?,27-,28-,29-,30-,31-,34+,35-,36+/m0/s1. The summed E-state index contributed by atoms with van der Waals surface area (Å²) in [4.78, 5) is 27.7. The average molecular weight is 598 g/mol. The van der Waals surface area contributed by atoms with Gasteiger partial charge in [-0.15, -0.1) is 0 Å². The first-order valence-electron chi connectivity index (χ1n) is 18.2. The van der Waals surface area contributed by atoms with Crippen LogP contribution in [0.3, 0.4) is 0 Å². The van der Waals surface area contributed by atoms with Crippen LogP contribution in [0.5, 0.6) is 0 Å². The summed E-state index contributed by atoms with van der Waals surface area (Å²) >= 11 is 0. The zero-order chi connectivity index (χ0) is 29.9. The van der Waals surface area contributed by atoms with Gasteiger partial charge in [-0.2, -0.15) is 0 Å². The molecule has 7 rings (SSSR count). The molecule has 242 valence electrons. The van der Waals surface area contributed by atoms with Gasteiger partial charge < -0.3 is 25.0 Å². The van der Waals surface area contributed by atoms with Gasteiger partial charge in [0.25, 0.3) is 0 Å². The Hall–Kier alpha value is -1.18. The number of likely N-dealkylation sites (tertiary alicyclic amines) is 1. The SMILES string of the molecule is C[C@H]1CC[C@@]2(OC1)O[C@H]1C[C@@H]3[C@H](CC[C@H]4[C@H]3CC[C@@H]3CC(NC(=O)CC(=O)NCC5CCN(C)CC5)CC[C@@]34C)[C@H]1[C@@H]2C. The van der Waals surface area contributed by atoms with Crippen LogP contribution in [0.1, 0.15) is 104 Å². The number of carbonyl (C=O) groups excluding carboxylic acids is 2. The summed E-state index contributed by atoms with van der Waals surface area (Å²) in [6.07, 6.45) is 14.9. The third kappa shape index (κ3) is 5.60. The second-order valence-corrected chi connectivity index (χ2v) is 16.7. The van der Waals surface area contributed by atoms with E-state index in [9.17, 15) is 9.59 Å². The van der Waals surface area contributed by atoms with Gasteiger partial charge in [0.05, 0.1) is 12.7 Å². The third-order valence-electron chi connectivity index (χ3n) is 14.4. The largest absolute Gasteiger partial charge is 0.355 e. The molecular weight excluding hydrogens is 538 g/mol. The van der Waals surface area contributed by atoms with E-state index in [4.69, 9.17) is 9.47 Å². The van der Waals surface area contributed by atoms with Crippen molar-refractivity contribution in [2.24, 2.45) is 58.7 Å². The number of rotatable bonds is 5. The second-order valence-electron chi connectivity index (χ2n) is 16.7. The minimum Gasteiger partial charge on any atom is -0.355 e. The Morgan fingerprint density at radius 3 is 2.44 bits per heavy atom. The maximum atomic E-state index is 12.9. The van der Waals surface area contributed by atoms with E-state index < -0.39 is 0 Å². The molecule has 12 atom stereocenters. The number of nitrogens with zero attached hydrogens (tertiary/aromatic N) is 1. The fourth-order valence-electron chi connectivity index (χ4n) is 11.9. The van der Waals surface area contributed by atoms with E-state index in [1.807, 2.05) is 0 Å². The van der Waals surface area contributed by atoms with Crippen LogP contribution < -0.4 is 10.6 Å². The van der Waals surface area contributed by atoms with Gasteiger partial charge >= 0.3 is 0 Å². The molecule has 7 heteroatoms. The Bertz CT molecular complexity index is 1040. The second kappa shape index (κ2) is 11.9. The number of ether oxygens (including phenoxy) is 2. The van der Waals surface area contributed by atoms with Crippen LogP contribution >= 0.6 is 0 Å². The average Bonchev–Trinajstić information content (AvgIpc) is 3.47. The number of amides is 2. The third-order valence-corrected chi connectivity index (χ3v) is 14.4. The van der Waals surface area contributed by atoms with Gasteiger partial charge in [-0.3, -0.25) is 9.59 Å². The number of fused-ring (bicyclic) bond motifs is 7. The first-order chi connectivity index (χ1) is 20.6. The number of hydrogen-bond acceptors (Lipinski definition) is 5. The van der Waals surface area contributed by atoms with Crippen LogP contribution in [0.2, 0.25) is 0 Å². The van der Waals surface area contributed by atoms with Gasteiger partial charge in [0.1, 0.15) is 6.42 Å². The summed E-state index contributed by atoms with van der Waals surface area (Å²) < 4.78 is 13.4. The first-order valence-corrected chi connectivity index (χ1v) is 18.2. The lowest BCUT2D eigenvalue weighted by Gasteiger charge is -2.59. The summed E-state index contributed by atoms with van der Waals surface area (Å²) in [5.41, 5.74) is 0.384. The highest BCUT2D eigenvalue weighted by Gasteiger charge is 2.65. The van der Waals surface area contributed by atoms with Gasteiger partial charge in [0.15, 0.2) is 5.79 Å². The Labute approximate surface area is 260 Å². The lowest BCUT2D eigenvalue weighted by Crippen LogP contribution is -2.54. The van der Waals surface area contributed by atoms with Crippen molar-refractivity contribution in [2.45, 2.75) is 122 Å². The molecule has 3 heterocycles. The van der Waals surface area contributed by atoms with Crippen molar-refractivity contribution in [3.05, 3.63) is 0 Å². The summed E-state index contributed by atoms with van der Waals surface area (Å²) in [6, 6.07) is 0.217. The van der Waals surface area contributed by atoms with Crippen molar-refractivity contribution in [3.63, 3.8) is 0 Å². The Balaban J connectivity index is 0.906. The highest BCUT2D eigenvalue weighted by Crippen LogP contribution is 2.67. The molecule has 4 aliphatic carbocycles. The van der Waals surface area contributed by atoms with Gasteiger partial charge in [-0.1, -0.05) is 20.8 Å². The molecule has 7 nitrogen and oxygen atoms in total. The molecule has 0 aromatic heterocycles. The summed E-state index contributed by atoms with van der Waals surface area (Å²) in [5.74, 6) is 5.82. The molecule has 1 spiro atoms. The maximum absolute atomic E-state index is 12.9. The molecule has 0 radical (unpaired) electrons. The van der Waals surface area contributed by atoms with Crippen LogP contribution in [-0.2, 0) is 19.1 Å².